The minimum atomic E-state index is 0.481. The van der Waals surface area contributed by atoms with E-state index in [0.29, 0.717) is 19.0 Å². The maximum absolute atomic E-state index is 6.12. The molecule has 33 heavy (non-hydrogen) atoms. The Balaban J connectivity index is 1.36. The van der Waals surface area contributed by atoms with Crippen LogP contribution in [-0.4, -0.2) is 35.3 Å². The van der Waals surface area contributed by atoms with Gasteiger partial charge in [0.1, 0.15) is 36.0 Å². The normalized spacial score (nSPS) is 11.1. The van der Waals surface area contributed by atoms with Crippen molar-refractivity contribution in [3.05, 3.63) is 72.0 Å². The predicted octanol–water partition coefficient (Wildman–Crippen LogP) is 6.11. The van der Waals surface area contributed by atoms with Crippen molar-refractivity contribution in [1.29, 1.82) is 0 Å². The van der Waals surface area contributed by atoms with E-state index in [0.717, 1.165) is 49.6 Å². The van der Waals surface area contributed by atoms with Gasteiger partial charge in [0.05, 0.1) is 27.9 Å². The highest BCUT2D eigenvalue weighted by Crippen LogP contribution is 2.32. The SMILES string of the molecule is COCCOc1ccc2ncnc(Nc3ccc(Oc4ccc5ncsc5c4)c(C)c3)c2c1. The second-order valence-corrected chi connectivity index (χ2v) is 8.32. The first kappa shape index (κ1) is 21.1. The molecule has 7 nitrogen and oxygen atoms in total. The van der Waals surface area contributed by atoms with Crippen LogP contribution in [0.2, 0.25) is 0 Å². The molecule has 8 heteroatoms. The van der Waals surface area contributed by atoms with Gasteiger partial charge in [0.25, 0.3) is 0 Å². The maximum atomic E-state index is 6.12. The number of rotatable bonds is 8. The number of ether oxygens (including phenoxy) is 3. The Bertz CT molecular complexity index is 1420. The molecule has 3 aromatic carbocycles. The smallest absolute Gasteiger partial charge is 0.141 e. The third kappa shape index (κ3) is 4.72. The average Bonchev–Trinajstić information content (AvgIpc) is 3.29. The van der Waals surface area contributed by atoms with E-state index >= 15 is 0 Å². The van der Waals surface area contributed by atoms with Crippen LogP contribution in [0.1, 0.15) is 5.56 Å². The molecule has 2 heterocycles. The van der Waals surface area contributed by atoms with Gasteiger partial charge < -0.3 is 19.5 Å². The summed E-state index contributed by atoms with van der Waals surface area (Å²) in [6.07, 6.45) is 1.55. The van der Waals surface area contributed by atoms with Gasteiger partial charge in [-0.3, -0.25) is 0 Å². The summed E-state index contributed by atoms with van der Waals surface area (Å²) in [5.74, 6) is 3.04. The van der Waals surface area contributed by atoms with E-state index in [9.17, 15) is 0 Å². The number of thiazole rings is 1. The minimum absolute atomic E-state index is 0.481. The van der Waals surface area contributed by atoms with Crippen LogP contribution in [0.5, 0.6) is 17.2 Å². The Morgan fingerprint density at radius 2 is 1.76 bits per heavy atom. The van der Waals surface area contributed by atoms with Crippen molar-refractivity contribution in [2.75, 3.05) is 25.6 Å². The van der Waals surface area contributed by atoms with E-state index in [1.54, 1.807) is 24.8 Å². The highest BCUT2D eigenvalue weighted by Gasteiger charge is 2.09. The molecule has 1 N–H and O–H groups in total. The van der Waals surface area contributed by atoms with Gasteiger partial charge >= 0.3 is 0 Å². The topological polar surface area (TPSA) is 78.4 Å². The van der Waals surface area contributed by atoms with Gasteiger partial charge in [-0.1, -0.05) is 0 Å². The van der Waals surface area contributed by atoms with Gasteiger partial charge in [-0.15, -0.1) is 11.3 Å². The number of anilines is 2. The molecule has 0 unspecified atom stereocenters. The molecular formula is C25H22N4O3S. The molecule has 0 saturated carbocycles. The Labute approximate surface area is 195 Å². The minimum Gasteiger partial charge on any atom is -0.491 e. The second kappa shape index (κ2) is 9.40. The molecule has 0 atom stereocenters. The molecular weight excluding hydrogens is 436 g/mol. The van der Waals surface area contributed by atoms with E-state index < -0.39 is 0 Å². The number of hydrogen-bond donors (Lipinski definition) is 1. The van der Waals surface area contributed by atoms with Crippen LogP contribution < -0.4 is 14.8 Å². The molecule has 0 saturated heterocycles. The molecule has 0 bridgehead atoms. The van der Waals surface area contributed by atoms with E-state index in [2.05, 4.69) is 20.3 Å². The average molecular weight is 459 g/mol. The monoisotopic (exact) mass is 458 g/mol. The zero-order chi connectivity index (χ0) is 22.6. The van der Waals surface area contributed by atoms with Crippen LogP contribution in [0, 0.1) is 6.92 Å². The van der Waals surface area contributed by atoms with Gasteiger partial charge in [0.15, 0.2) is 0 Å². The van der Waals surface area contributed by atoms with Crippen LogP contribution in [0.3, 0.4) is 0 Å². The molecule has 0 aliphatic carbocycles. The number of benzene rings is 3. The summed E-state index contributed by atoms with van der Waals surface area (Å²) in [6.45, 7) is 3.03. The third-order valence-electron chi connectivity index (χ3n) is 5.13. The summed E-state index contributed by atoms with van der Waals surface area (Å²) in [5, 5.41) is 4.28. The third-order valence-corrected chi connectivity index (χ3v) is 5.92. The fourth-order valence-corrected chi connectivity index (χ4v) is 4.18. The van der Waals surface area contributed by atoms with Crippen molar-refractivity contribution in [3.63, 3.8) is 0 Å². The summed E-state index contributed by atoms with van der Waals surface area (Å²) in [7, 11) is 1.65. The first-order valence-corrected chi connectivity index (χ1v) is 11.3. The van der Waals surface area contributed by atoms with Crippen LogP contribution in [0.15, 0.2) is 66.4 Å². The molecule has 0 amide bonds. The van der Waals surface area contributed by atoms with Crippen molar-refractivity contribution in [2.45, 2.75) is 6.92 Å². The summed E-state index contributed by atoms with van der Waals surface area (Å²) >= 11 is 1.60. The number of fused-ring (bicyclic) bond motifs is 2. The fraction of sp³-hybridized carbons (Fsp3) is 0.160. The summed E-state index contributed by atoms with van der Waals surface area (Å²) in [5.41, 5.74) is 5.57. The van der Waals surface area contributed by atoms with Gasteiger partial charge in [0.2, 0.25) is 0 Å². The van der Waals surface area contributed by atoms with Gasteiger partial charge in [-0.25, -0.2) is 15.0 Å². The first-order valence-electron chi connectivity index (χ1n) is 10.4. The molecule has 5 aromatic rings. The van der Waals surface area contributed by atoms with Crippen LogP contribution in [0.25, 0.3) is 21.1 Å². The van der Waals surface area contributed by atoms with Crippen molar-refractivity contribution in [1.82, 2.24) is 15.0 Å². The number of nitrogens with one attached hydrogen (secondary N) is 1. The molecule has 5 rings (SSSR count). The zero-order valence-corrected chi connectivity index (χ0v) is 19.1. The highest BCUT2D eigenvalue weighted by molar-refractivity contribution is 7.16. The fourth-order valence-electron chi connectivity index (χ4n) is 3.47. The predicted molar refractivity (Wildman–Crippen MR) is 131 cm³/mol. The van der Waals surface area contributed by atoms with Crippen LogP contribution in [0.4, 0.5) is 11.5 Å². The van der Waals surface area contributed by atoms with Crippen molar-refractivity contribution < 1.29 is 14.2 Å². The molecule has 0 aliphatic heterocycles. The zero-order valence-electron chi connectivity index (χ0n) is 18.2. The highest BCUT2D eigenvalue weighted by atomic mass is 32.1. The lowest BCUT2D eigenvalue weighted by atomic mass is 10.2. The largest absolute Gasteiger partial charge is 0.491 e. The molecule has 0 fully saturated rings. The summed E-state index contributed by atoms with van der Waals surface area (Å²) in [6, 6.07) is 17.6. The molecule has 0 aliphatic rings. The van der Waals surface area contributed by atoms with E-state index in [1.807, 2.05) is 67.0 Å². The van der Waals surface area contributed by atoms with Gasteiger partial charge in [0, 0.05) is 24.2 Å². The van der Waals surface area contributed by atoms with Crippen LogP contribution >= 0.6 is 11.3 Å². The Morgan fingerprint density at radius 1 is 0.879 bits per heavy atom. The van der Waals surface area contributed by atoms with Gasteiger partial charge in [-0.05, 0) is 61.0 Å². The Hall–Kier alpha value is -3.75. The number of aryl methyl sites for hydroxylation is 1. The lowest BCUT2D eigenvalue weighted by molar-refractivity contribution is 0.146. The summed E-state index contributed by atoms with van der Waals surface area (Å²) < 4.78 is 18.0. The van der Waals surface area contributed by atoms with Crippen molar-refractivity contribution >= 4 is 44.0 Å². The molecule has 166 valence electrons. The lowest BCUT2D eigenvalue weighted by Crippen LogP contribution is -2.04. The van der Waals surface area contributed by atoms with Gasteiger partial charge in [-0.2, -0.15) is 0 Å². The number of hydrogen-bond acceptors (Lipinski definition) is 8. The lowest BCUT2D eigenvalue weighted by Gasteiger charge is -2.13. The Morgan fingerprint density at radius 3 is 2.64 bits per heavy atom. The number of aromatic nitrogens is 3. The summed E-state index contributed by atoms with van der Waals surface area (Å²) in [4.78, 5) is 13.1. The van der Waals surface area contributed by atoms with Crippen molar-refractivity contribution in [3.8, 4) is 17.2 Å². The molecule has 0 spiro atoms. The maximum Gasteiger partial charge on any atom is 0.141 e. The quantitative estimate of drug-likeness (QED) is 0.281. The number of nitrogens with zero attached hydrogens (tertiary/aromatic N) is 3. The van der Waals surface area contributed by atoms with Crippen LogP contribution in [-0.2, 0) is 4.74 Å². The molecule has 2 aromatic heterocycles. The second-order valence-electron chi connectivity index (χ2n) is 7.43. The molecule has 0 radical (unpaired) electrons. The first-order chi connectivity index (χ1) is 16.2. The number of methoxy groups -OCH3 is 1. The van der Waals surface area contributed by atoms with E-state index in [-0.39, 0.29) is 0 Å². The standard InChI is InChI=1S/C25H22N4O3S/c1-16-11-17(3-8-23(16)32-19-5-7-22-24(13-19)33-15-28-22)29-25-20-12-18(31-10-9-30-2)4-6-21(20)26-14-27-25/h3-8,11-15H,9-10H2,1-2H3,(H,26,27,29). The van der Waals surface area contributed by atoms with Crippen molar-refractivity contribution in [2.24, 2.45) is 0 Å². The Kier molecular flexibility index (Phi) is 6.01. The van der Waals surface area contributed by atoms with E-state index in [1.165, 1.54) is 0 Å². The van der Waals surface area contributed by atoms with E-state index in [4.69, 9.17) is 14.2 Å².